The van der Waals surface area contributed by atoms with Gasteiger partial charge in [0.05, 0.1) is 6.54 Å². The van der Waals surface area contributed by atoms with Crippen molar-refractivity contribution >= 4 is 17.3 Å². The maximum absolute atomic E-state index is 4.42. The second-order valence-electron chi connectivity index (χ2n) is 7.39. The SMILES string of the molecule is CN=C(NCc1nnc2n1CCC2)NCC1(c2cccs2)CCCCC1. The predicted octanol–water partition coefficient (Wildman–Crippen LogP) is 2.85. The fraction of sp³-hybridized carbons (Fsp3) is 0.632. The summed E-state index contributed by atoms with van der Waals surface area (Å²) in [5.41, 5.74) is 0.250. The van der Waals surface area contributed by atoms with Gasteiger partial charge in [0, 0.05) is 36.9 Å². The van der Waals surface area contributed by atoms with Gasteiger partial charge < -0.3 is 15.2 Å². The summed E-state index contributed by atoms with van der Waals surface area (Å²) in [6.07, 6.45) is 8.73. The molecular formula is C19H28N6S. The van der Waals surface area contributed by atoms with E-state index in [-0.39, 0.29) is 5.41 Å². The van der Waals surface area contributed by atoms with E-state index in [9.17, 15) is 0 Å². The Balaban J connectivity index is 1.38. The van der Waals surface area contributed by atoms with Crippen LogP contribution in [0.5, 0.6) is 0 Å². The number of rotatable bonds is 5. The zero-order valence-corrected chi connectivity index (χ0v) is 16.3. The highest BCUT2D eigenvalue weighted by molar-refractivity contribution is 7.10. The molecule has 3 heterocycles. The van der Waals surface area contributed by atoms with Crippen molar-refractivity contribution < 1.29 is 0 Å². The number of hydrogen-bond donors (Lipinski definition) is 2. The second kappa shape index (κ2) is 7.78. The molecular weight excluding hydrogens is 344 g/mol. The molecule has 1 aliphatic carbocycles. The number of fused-ring (bicyclic) bond motifs is 1. The van der Waals surface area contributed by atoms with Gasteiger partial charge in [0.15, 0.2) is 11.8 Å². The molecule has 0 radical (unpaired) electrons. The summed E-state index contributed by atoms with van der Waals surface area (Å²) in [5.74, 6) is 2.97. The summed E-state index contributed by atoms with van der Waals surface area (Å²) in [4.78, 5) is 5.93. The molecule has 2 aliphatic rings. The summed E-state index contributed by atoms with van der Waals surface area (Å²) in [6, 6.07) is 4.47. The Morgan fingerprint density at radius 1 is 1.23 bits per heavy atom. The molecule has 4 rings (SSSR count). The Hall–Kier alpha value is -1.89. The molecule has 0 bridgehead atoms. The van der Waals surface area contributed by atoms with Crippen LogP contribution in [-0.4, -0.2) is 34.3 Å². The standard InChI is InChI=1S/C19H28N6S/c1-20-18(21-13-17-24-23-16-8-5-11-25(16)17)22-14-19(9-3-2-4-10-19)15-7-6-12-26-15/h6-7,12H,2-5,8-11,13-14H2,1H3,(H2,20,21,22). The van der Waals surface area contributed by atoms with E-state index in [4.69, 9.17) is 0 Å². The molecule has 1 fully saturated rings. The van der Waals surface area contributed by atoms with Gasteiger partial charge in [-0.2, -0.15) is 0 Å². The van der Waals surface area contributed by atoms with Gasteiger partial charge in [0.25, 0.3) is 0 Å². The highest BCUT2D eigenvalue weighted by atomic mass is 32.1. The lowest BCUT2D eigenvalue weighted by Crippen LogP contribution is -2.46. The molecule has 0 saturated heterocycles. The van der Waals surface area contributed by atoms with E-state index in [1.54, 1.807) is 0 Å². The van der Waals surface area contributed by atoms with Crippen LogP contribution in [0.15, 0.2) is 22.5 Å². The molecule has 6 nitrogen and oxygen atoms in total. The van der Waals surface area contributed by atoms with Crippen molar-refractivity contribution in [3.8, 4) is 0 Å². The third kappa shape index (κ3) is 3.49. The smallest absolute Gasteiger partial charge is 0.191 e. The minimum Gasteiger partial charge on any atom is -0.355 e. The molecule has 0 aromatic carbocycles. The zero-order valence-electron chi connectivity index (χ0n) is 15.5. The lowest BCUT2D eigenvalue weighted by Gasteiger charge is -2.37. The van der Waals surface area contributed by atoms with Crippen molar-refractivity contribution in [2.75, 3.05) is 13.6 Å². The Morgan fingerprint density at radius 3 is 2.88 bits per heavy atom. The monoisotopic (exact) mass is 372 g/mol. The van der Waals surface area contributed by atoms with Gasteiger partial charge >= 0.3 is 0 Å². The third-order valence-electron chi connectivity index (χ3n) is 5.77. The first-order valence-corrected chi connectivity index (χ1v) is 10.6. The van der Waals surface area contributed by atoms with Crippen molar-refractivity contribution in [2.45, 2.75) is 63.5 Å². The minimum atomic E-state index is 0.250. The normalized spacial score (nSPS) is 19.3. The Kier molecular flexibility index (Phi) is 5.24. The summed E-state index contributed by atoms with van der Waals surface area (Å²) in [7, 11) is 1.84. The van der Waals surface area contributed by atoms with Gasteiger partial charge in [0.2, 0.25) is 0 Å². The van der Waals surface area contributed by atoms with Crippen molar-refractivity contribution in [2.24, 2.45) is 4.99 Å². The summed E-state index contributed by atoms with van der Waals surface area (Å²) in [5, 5.41) is 17.8. The van der Waals surface area contributed by atoms with Gasteiger partial charge in [-0.3, -0.25) is 4.99 Å². The average molecular weight is 373 g/mol. The maximum atomic E-state index is 4.42. The third-order valence-corrected chi connectivity index (χ3v) is 6.89. The van der Waals surface area contributed by atoms with Gasteiger partial charge in [0.1, 0.15) is 5.82 Å². The number of aryl methyl sites for hydroxylation is 1. The summed E-state index contributed by atoms with van der Waals surface area (Å²) < 4.78 is 2.23. The first-order valence-electron chi connectivity index (χ1n) is 9.70. The number of aromatic nitrogens is 3. The van der Waals surface area contributed by atoms with Crippen LogP contribution in [0.1, 0.15) is 55.1 Å². The van der Waals surface area contributed by atoms with Crippen molar-refractivity contribution in [1.82, 2.24) is 25.4 Å². The molecule has 7 heteroatoms. The molecule has 0 unspecified atom stereocenters. The predicted molar refractivity (Wildman–Crippen MR) is 106 cm³/mol. The van der Waals surface area contributed by atoms with Crippen molar-refractivity contribution in [3.05, 3.63) is 34.0 Å². The highest BCUT2D eigenvalue weighted by Crippen LogP contribution is 2.41. The van der Waals surface area contributed by atoms with E-state index in [0.29, 0.717) is 6.54 Å². The second-order valence-corrected chi connectivity index (χ2v) is 8.33. The van der Waals surface area contributed by atoms with Crippen LogP contribution in [0.4, 0.5) is 0 Å². The van der Waals surface area contributed by atoms with E-state index in [1.807, 2.05) is 18.4 Å². The van der Waals surface area contributed by atoms with Gasteiger partial charge in [-0.15, -0.1) is 21.5 Å². The number of thiophene rings is 1. The number of hydrogen-bond acceptors (Lipinski definition) is 4. The molecule has 0 spiro atoms. The largest absolute Gasteiger partial charge is 0.355 e. The zero-order chi connectivity index (χ0) is 17.8. The molecule has 1 saturated carbocycles. The van der Waals surface area contributed by atoms with Gasteiger partial charge in [-0.05, 0) is 30.7 Å². The van der Waals surface area contributed by atoms with E-state index < -0.39 is 0 Å². The first-order chi connectivity index (χ1) is 12.8. The van der Waals surface area contributed by atoms with E-state index in [1.165, 1.54) is 43.4 Å². The van der Waals surface area contributed by atoms with Crippen LogP contribution in [0, 0.1) is 0 Å². The topological polar surface area (TPSA) is 67.1 Å². The number of guanidine groups is 1. The molecule has 26 heavy (non-hydrogen) atoms. The number of nitrogens with one attached hydrogen (secondary N) is 2. The van der Waals surface area contributed by atoms with Crippen LogP contribution in [0.2, 0.25) is 0 Å². The summed E-state index contributed by atoms with van der Waals surface area (Å²) in [6.45, 7) is 2.64. The maximum Gasteiger partial charge on any atom is 0.191 e. The molecule has 0 amide bonds. The molecule has 2 N–H and O–H groups in total. The van der Waals surface area contributed by atoms with Crippen molar-refractivity contribution in [3.63, 3.8) is 0 Å². The lowest BCUT2D eigenvalue weighted by atomic mass is 9.73. The Bertz CT molecular complexity index is 742. The molecule has 2 aromatic rings. The minimum absolute atomic E-state index is 0.250. The lowest BCUT2D eigenvalue weighted by molar-refractivity contribution is 0.296. The fourth-order valence-corrected chi connectivity index (χ4v) is 5.28. The average Bonchev–Trinajstić information content (AvgIpc) is 3.42. The molecule has 1 aliphatic heterocycles. The highest BCUT2D eigenvalue weighted by Gasteiger charge is 2.34. The van der Waals surface area contributed by atoms with E-state index in [2.05, 4.69) is 47.9 Å². The van der Waals surface area contributed by atoms with Gasteiger partial charge in [-0.25, -0.2) is 0 Å². The number of aliphatic imine (C=N–C) groups is 1. The fourth-order valence-electron chi connectivity index (χ4n) is 4.30. The first kappa shape index (κ1) is 17.5. The van der Waals surface area contributed by atoms with Crippen LogP contribution < -0.4 is 10.6 Å². The summed E-state index contributed by atoms with van der Waals surface area (Å²) >= 11 is 1.89. The molecule has 2 aromatic heterocycles. The molecule has 140 valence electrons. The van der Waals surface area contributed by atoms with E-state index >= 15 is 0 Å². The number of nitrogens with zero attached hydrogens (tertiary/aromatic N) is 4. The molecule has 0 atom stereocenters. The Labute approximate surface area is 159 Å². The quantitative estimate of drug-likeness (QED) is 0.626. The van der Waals surface area contributed by atoms with Crippen LogP contribution in [-0.2, 0) is 24.9 Å². The van der Waals surface area contributed by atoms with Crippen LogP contribution in [0.25, 0.3) is 0 Å². The van der Waals surface area contributed by atoms with Gasteiger partial charge in [-0.1, -0.05) is 25.3 Å². The van der Waals surface area contributed by atoms with E-state index in [0.717, 1.165) is 37.1 Å². The Morgan fingerprint density at radius 2 is 2.12 bits per heavy atom. The van der Waals surface area contributed by atoms with Crippen molar-refractivity contribution in [1.29, 1.82) is 0 Å². The van der Waals surface area contributed by atoms with Crippen LogP contribution in [0.3, 0.4) is 0 Å². The van der Waals surface area contributed by atoms with Crippen LogP contribution >= 0.6 is 11.3 Å².